The van der Waals surface area contributed by atoms with Crippen molar-refractivity contribution in [2.75, 3.05) is 4.90 Å². The summed E-state index contributed by atoms with van der Waals surface area (Å²) >= 11 is 0. The number of nitrogens with zero attached hydrogens (tertiary/aromatic N) is 1. The fourth-order valence-electron chi connectivity index (χ4n) is 6.22. The summed E-state index contributed by atoms with van der Waals surface area (Å²) in [5.74, 6) is 0. The van der Waals surface area contributed by atoms with E-state index in [4.69, 9.17) is 14.0 Å². The van der Waals surface area contributed by atoms with Crippen molar-refractivity contribution in [3.8, 4) is 22.3 Å². The van der Waals surface area contributed by atoms with Crippen LogP contribution in [-0.4, -0.2) is 0 Å². The molecule has 2 heteroatoms. The quantitative estimate of drug-likeness (QED) is 0.196. The summed E-state index contributed by atoms with van der Waals surface area (Å²) in [6.07, 6.45) is 0. The van der Waals surface area contributed by atoms with Crippen molar-refractivity contribution < 1.29 is 16.8 Å². The van der Waals surface area contributed by atoms with Crippen LogP contribution in [0.5, 0.6) is 0 Å². The minimum atomic E-state index is -0.591. The molecule has 0 N–H and O–H groups in total. The molecule has 216 valence electrons. The summed E-state index contributed by atoms with van der Waals surface area (Å²) in [6, 6.07) is 33.7. The summed E-state index contributed by atoms with van der Waals surface area (Å²) in [5.41, 5.74) is 3.49. The second kappa shape index (κ2) is 10.8. The largest absolute Gasteiger partial charge is 0.455 e. The van der Waals surface area contributed by atoms with Crippen LogP contribution in [0.1, 0.15) is 12.3 Å². The molecule has 46 heavy (non-hydrogen) atoms. The molecule has 1 aromatic heterocycles. The van der Waals surface area contributed by atoms with Crippen LogP contribution in [0, 0.1) is 0 Å². The van der Waals surface area contributed by atoms with Crippen LogP contribution in [0.4, 0.5) is 17.1 Å². The van der Waals surface area contributed by atoms with Gasteiger partial charge >= 0.3 is 0 Å². The number of fused-ring (bicyclic) bond motifs is 6. The van der Waals surface area contributed by atoms with Crippen molar-refractivity contribution in [2.24, 2.45) is 0 Å². The Morgan fingerprint density at radius 1 is 0.457 bits per heavy atom. The van der Waals surface area contributed by atoms with Gasteiger partial charge in [0.1, 0.15) is 11.2 Å². The molecule has 0 aliphatic rings. The molecule has 2 nitrogen and oxygen atoms in total. The molecular formula is C44H29NO. The molecule has 0 fully saturated rings. The number of furan rings is 1. The second-order valence-electron chi connectivity index (χ2n) is 11.1. The lowest BCUT2D eigenvalue weighted by Gasteiger charge is -2.26. The zero-order chi connectivity index (χ0) is 38.3. The molecule has 1 heterocycles. The van der Waals surface area contributed by atoms with Gasteiger partial charge in [0, 0.05) is 33.2 Å². The number of hydrogen-bond donors (Lipinski definition) is 0. The predicted molar refractivity (Wildman–Crippen MR) is 194 cm³/mol. The maximum Gasteiger partial charge on any atom is 0.143 e. The van der Waals surface area contributed by atoms with Crippen LogP contribution in [0.2, 0.25) is 0 Å². The molecule has 9 aromatic rings. The average molecular weight is 597 g/mol. The van der Waals surface area contributed by atoms with E-state index in [1.807, 2.05) is 97.1 Å². The van der Waals surface area contributed by atoms with Crippen molar-refractivity contribution in [3.05, 3.63) is 176 Å². The Morgan fingerprint density at radius 2 is 1.15 bits per heavy atom. The Kier molecular flexibility index (Phi) is 4.37. The molecule has 0 saturated heterocycles. The molecule has 0 spiro atoms. The van der Waals surface area contributed by atoms with E-state index in [0.717, 1.165) is 49.0 Å². The number of rotatable bonds is 5. The second-order valence-corrected chi connectivity index (χ2v) is 11.1. The van der Waals surface area contributed by atoms with E-state index < -0.39 is 42.3 Å². The zero-order valence-corrected chi connectivity index (χ0v) is 24.4. The van der Waals surface area contributed by atoms with Crippen LogP contribution >= 0.6 is 0 Å². The molecular weight excluding hydrogens is 558 g/mol. The Labute approximate surface area is 280 Å². The van der Waals surface area contributed by atoms with Gasteiger partial charge in [-0.05, 0) is 92.9 Å². The molecule has 0 bridgehead atoms. The van der Waals surface area contributed by atoms with Crippen molar-refractivity contribution in [1.29, 1.82) is 0 Å². The highest BCUT2D eigenvalue weighted by Crippen LogP contribution is 2.41. The van der Waals surface area contributed by atoms with Crippen LogP contribution in [0.25, 0.3) is 65.7 Å². The van der Waals surface area contributed by atoms with E-state index in [-0.39, 0.29) is 34.7 Å². The Morgan fingerprint density at radius 3 is 1.98 bits per heavy atom. The van der Waals surface area contributed by atoms with E-state index in [9.17, 15) is 2.74 Å². The van der Waals surface area contributed by atoms with Gasteiger partial charge in [0.25, 0.3) is 0 Å². The molecule has 0 saturated carbocycles. The Balaban J connectivity index is 1.25. The number of anilines is 3. The van der Waals surface area contributed by atoms with Crippen molar-refractivity contribution in [1.82, 2.24) is 0 Å². The molecule has 0 aliphatic heterocycles. The summed E-state index contributed by atoms with van der Waals surface area (Å²) in [5, 5.41) is 5.76. The first-order chi connectivity index (χ1) is 26.5. The van der Waals surface area contributed by atoms with Gasteiger partial charge in [0.15, 0.2) is 0 Å². The molecule has 0 aliphatic carbocycles. The molecule has 0 unspecified atom stereocenters. The first kappa shape index (κ1) is 18.6. The Hall–Kier alpha value is -6.12. The molecule has 8 aromatic carbocycles. The summed E-state index contributed by atoms with van der Waals surface area (Å²) in [4.78, 5) is 1.24. The van der Waals surface area contributed by atoms with Gasteiger partial charge in [-0.15, -0.1) is 0 Å². The van der Waals surface area contributed by atoms with E-state index in [1.54, 1.807) is 18.2 Å². The number of para-hydroxylation sites is 1. The lowest BCUT2D eigenvalue weighted by molar-refractivity contribution is 0.673. The van der Waals surface area contributed by atoms with Crippen LogP contribution < -0.4 is 4.90 Å². The van der Waals surface area contributed by atoms with Gasteiger partial charge in [-0.1, -0.05) is 121 Å². The first-order valence-electron chi connectivity index (χ1n) is 19.4. The highest BCUT2D eigenvalue weighted by atomic mass is 16.3. The maximum absolute atomic E-state index is 9.29. The summed E-state index contributed by atoms with van der Waals surface area (Å²) in [7, 11) is 0. The summed E-state index contributed by atoms with van der Waals surface area (Å²) < 4.78 is 86.3. The van der Waals surface area contributed by atoms with Crippen LogP contribution in [0.15, 0.2) is 180 Å². The average Bonchev–Trinajstić information content (AvgIpc) is 3.61. The van der Waals surface area contributed by atoms with Gasteiger partial charge in [-0.25, -0.2) is 0 Å². The highest BCUT2D eigenvalue weighted by Gasteiger charge is 2.16. The molecule has 0 amide bonds. The highest BCUT2D eigenvalue weighted by molar-refractivity contribution is 6.19. The third kappa shape index (κ3) is 4.43. The third-order valence-corrected chi connectivity index (χ3v) is 8.41. The topological polar surface area (TPSA) is 16.4 Å². The smallest absolute Gasteiger partial charge is 0.143 e. The standard InChI is InChI=1S/C44H29NO/c1-2-12-36(13-3-1)45(37-24-19-31(20-25-37)35-18-17-30-9-4-5-11-34(30)29-35)38-26-21-33(22-27-38)39-15-8-16-42-43(39)41-28-23-32-10-6-7-14-40(32)44(41)46-42/h1-29H/i1D,2D,3D,12D,13D,19D,20D,24D,25D. The monoisotopic (exact) mass is 596 g/mol. The predicted octanol–water partition coefficient (Wildman–Crippen LogP) is 12.7. The van der Waals surface area contributed by atoms with Gasteiger partial charge in [-0.3, -0.25) is 0 Å². The van der Waals surface area contributed by atoms with Crippen LogP contribution in [0.3, 0.4) is 0 Å². The Bertz CT molecular complexity index is 2990. The zero-order valence-electron chi connectivity index (χ0n) is 33.4. The van der Waals surface area contributed by atoms with Gasteiger partial charge in [0.05, 0.1) is 12.3 Å². The van der Waals surface area contributed by atoms with Gasteiger partial charge in [0.2, 0.25) is 0 Å². The summed E-state index contributed by atoms with van der Waals surface area (Å²) in [6.45, 7) is 0. The van der Waals surface area contributed by atoms with Crippen molar-refractivity contribution in [3.63, 3.8) is 0 Å². The van der Waals surface area contributed by atoms with Crippen LogP contribution in [-0.2, 0) is 0 Å². The maximum atomic E-state index is 9.29. The SMILES string of the molecule is [2H]c1c([2H])c([2H])c(N(c2ccc(-c3cccc4oc5c6ccccc6ccc5c34)cc2)c2c([2H])c([2H])c(-c3ccc4ccccc4c3)c([2H])c2[2H])c([2H])c1[2H]. The fourth-order valence-corrected chi connectivity index (χ4v) is 6.22. The van der Waals surface area contributed by atoms with E-state index in [2.05, 4.69) is 6.07 Å². The van der Waals surface area contributed by atoms with Crippen molar-refractivity contribution >= 4 is 60.5 Å². The molecule has 0 radical (unpaired) electrons. The van der Waals surface area contributed by atoms with Gasteiger partial charge < -0.3 is 9.32 Å². The lowest BCUT2D eigenvalue weighted by atomic mass is 9.98. The van der Waals surface area contributed by atoms with E-state index in [0.29, 0.717) is 11.1 Å². The van der Waals surface area contributed by atoms with Crippen molar-refractivity contribution in [2.45, 2.75) is 0 Å². The number of benzene rings is 8. The normalized spacial score (nSPS) is 14.2. The minimum absolute atomic E-state index is 0.0917. The van der Waals surface area contributed by atoms with E-state index >= 15 is 0 Å². The molecule has 0 atom stereocenters. The van der Waals surface area contributed by atoms with E-state index in [1.165, 1.54) is 4.90 Å². The minimum Gasteiger partial charge on any atom is -0.455 e. The lowest BCUT2D eigenvalue weighted by Crippen LogP contribution is -2.09. The molecule has 9 rings (SSSR count). The third-order valence-electron chi connectivity index (χ3n) is 8.41. The first-order valence-corrected chi connectivity index (χ1v) is 14.9. The number of hydrogen-bond acceptors (Lipinski definition) is 2. The van der Waals surface area contributed by atoms with Gasteiger partial charge in [-0.2, -0.15) is 0 Å². The fraction of sp³-hybridized carbons (Fsp3) is 0.